The number of thioether (sulfide) groups is 1. The van der Waals surface area contributed by atoms with Crippen LogP contribution in [0.1, 0.15) is 62.1 Å². The highest BCUT2D eigenvalue weighted by molar-refractivity contribution is 9.10. The van der Waals surface area contributed by atoms with Crippen molar-refractivity contribution in [2.45, 2.75) is 57.4 Å². The van der Waals surface area contributed by atoms with Gasteiger partial charge in [-0.3, -0.25) is 14.5 Å². The molecule has 4 saturated carbocycles. The Balaban J connectivity index is 1.31. The fourth-order valence-corrected chi connectivity index (χ4v) is 8.61. The van der Waals surface area contributed by atoms with E-state index in [2.05, 4.69) is 34.1 Å². The molecule has 6 heteroatoms. The van der Waals surface area contributed by atoms with Crippen molar-refractivity contribution in [1.82, 2.24) is 4.90 Å². The molecule has 0 unspecified atom stereocenters. The molecule has 0 radical (unpaired) electrons. The van der Waals surface area contributed by atoms with Crippen molar-refractivity contribution < 1.29 is 14.3 Å². The van der Waals surface area contributed by atoms with Crippen molar-refractivity contribution in [3.8, 4) is 5.75 Å². The Labute approximate surface area is 219 Å². The zero-order valence-corrected chi connectivity index (χ0v) is 22.4. The molecule has 2 aromatic rings. The van der Waals surface area contributed by atoms with Crippen LogP contribution in [0.5, 0.6) is 5.75 Å². The summed E-state index contributed by atoms with van der Waals surface area (Å²) in [6.07, 6.45) is 9.97. The highest BCUT2D eigenvalue weighted by Gasteiger charge is 2.51. The maximum absolute atomic E-state index is 13.2. The molecule has 0 aromatic heterocycles. The number of hydrogen-bond acceptors (Lipinski definition) is 4. The molecule has 0 spiro atoms. The summed E-state index contributed by atoms with van der Waals surface area (Å²) in [4.78, 5) is 27.8. The molecule has 182 valence electrons. The van der Waals surface area contributed by atoms with Crippen LogP contribution in [-0.2, 0) is 16.8 Å². The molecule has 2 aromatic carbocycles. The van der Waals surface area contributed by atoms with E-state index in [1.54, 1.807) is 0 Å². The Morgan fingerprint density at radius 3 is 2.43 bits per heavy atom. The highest BCUT2D eigenvalue weighted by Crippen LogP contribution is 2.61. The lowest BCUT2D eigenvalue weighted by Crippen LogP contribution is -2.48. The van der Waals surface area contributed by atoms with Crippen molar-refractivity contribution in [2.24, 2.45) is 17.8 Å². The van der Waals surface area contributed by atoms with Gasteiger partial charge in [-0.1, -0.05) is 34.1 Å². The van der Waals surface area contributed by atoms with E-state index in [9.17, 15) is 9.59 Å². The fourth-order valence-electron chi connectivity index (χ4n) is 7.34. The first kappa shape index (κ1) is 23.4. The maximum Gasteiger partial charge on any atom is 0.293 e. The van der Waals surface area contributed by atoms with E-state index < -0.39 is 0 Å². The second-order valence-electron chi connectivity index (χ2n) is 10.8. The summed E-state index contributed by atoms with van der Waals surface area (Å²) in [5, 5.41) is -0.226. The summed E-state index contributed by atoms with van der Waals surface area (Å²) in [5.41, 5.74) is 3.48. The molecule has 1 heterocycles. The van der Waals surface area contributed by atoms with Gasteiger partial charge < -0.3 is 4.74 Å². The van der Waals surface area contributed by atoms with E-state index in [4.69, 9.17) is 4.74 Å². The molecule has 0 atom stereocenters. The van der Waals surface area contributed by atoms with Gasteiger partial charge in [0.1, 0.15) is 5.75 Å². The third-order valence-electron chi connectivity index (χ3n) is 8.35. The summed E-state index contributed by atoms with van der Waals surface area (Å²) >= 11 is 4.49. The first-order valence-electron chi connectivity index (χ1n) is 12.7. The number of benzene rings is 2. The van der Waals surface area contributed by atoms with Crippen LogP contribution < -0.4 is 4.74 Å². The third-order valence-corrected chi connectivity index (χ3v) is 9.75. The van der Waals surface area contributed by atoms with Crippen molar-refractivity contribution in [3.05, 3.63) is 68.5 Å². The first-order chi connectivity index (χ1) is 16.9. The van der Waals surface area contributed by atoms with Gasteiger partial charge in [0.15, 0.2) is 0 Å². The maximum atomic E-state index is 13.2. The monoisotopic (exact) mass is 551 g/mol. The van der Waals surface area contributed by atoms with Crippen molar-refractivity contribution in [1.29, 1.82) is 0 Å². The predicted molar refractivity (Wildman–Crippen MR) is 143 cm³/mol. The molecule has 1 saturated heterocycles. The minimum Gasteiger partial charge on any atom is -0.493 e. The predicted octanol–water partition coefficient (Wildman–Crippen LogP) is 7.55. The molecule has 4 bridgehead atoms. The van der Waals surface area contributed by atoms with Gasteiger partial charge in [-0.05, 0) is 122 Å². The number of imide groups is 1. The lowest BCUT2D eigenvalue weighted by atomic mass is 9.48. The van der Waals surface area contributed by atoms with Crippen LogP contribution in [0.2, 0.25) is 0 Å². The van der Waals surface area contributed by atoms with Gasteiger partial charge in [0, 0.05) is 10.0 Å². The number of carbonyl (C=O) groups is 2. The Morgan fingerprint density at radius 2 is 1.77 bits per heavy atom. The lowest BCUT2D eigenvalue weighted by molar-refractivity contribution is -0.123. The number of hydrogen-bond donors (Lipinski definition) is 0. The van der Waals surface area contributed by atoms with E-state index in [0.717, 1.165) is 50.9 Å². The van der Waals surface area contributed by atoms with Crippen LogP contribution in [0, 0.1) is 17.8 Å². The van der Waals surface area contributed by atoms with Crippen LogP contribution in [-0.4, -0.2) is 22.7 Å². The Kier molecular flexibility index (Phi) is 6.08. The summed E-state index contributed by atoms with van der Waals surface area (Å²) in [6.45, 7) is 2.80. The van der Waals surface area contributed by atoms with Crippen molar-refractivity contribution in [2.75, 3.05) is 6.61 Å². The van der Waals surface area contributed by atoms with Crippen LogP contribution in [0.15, 0.2) is 51.8 Å². The second kappa shape index (κ2) is 9.11. The topological polar surface area (TPSA) is 46.6 Å². The standard InChI is InChI=1S/C29H30BrNO3S/c1-2-34-25-7-6-23(29-14-19-8-20(15-29)10-21(9-19)16-29)12-22(25)13-26-27(32)31(28(33)35-26)17-18-4-3-5-24(30)11-18/h3-7,11-13,19-21H,2,8-10,14-17H2,1H3/b26-13+. The SMILES string of the molecule is CCOc1ccc(C23CC4CC(CC(C4)C2)C3)cc1/C=C1/SC(=O)N(Cc2cccc(Br)c2)C1=O. The molecule has 35 heavy (non-hydrogen) atoms. The third kappa shape index (κ3) is 4.37. The summed E-state index contributed by atoms with van der Waals surface area (Å²) in [7, 11) is 0. The van der Waals surface area contributed by atoms with Gasteiger partial charge in [-0.2, -0.15) is 0 Å². The second-order valence-corrected chi connectivity index (χ2v) is 12.7. The summed E-state index contributed by atoms with van der Waals surface area (Å²) in [5.74, 6) is 3.14. The average Bonchev–Trinajstić information content (AvgIpc) is 3.07. The molecular formula is C29H30BrNO3S. The van der Waals surface area contributed by atoms with E-state index >= 15 is 0 Å². The quantitative estimate of drug-likeness (QED) is 0.347. The van der Waals surface area contributed by atoms with Gasteiger partial charge in [0.05, 0.1) is 18.1 Å². The number of carbonyl (C=O) groups excluding carboxylic acids is 2. The zero-order valence-electron chi connectivity index (χ0n) is 20.0. The highest BCUT2D eigenvalue weighted by atomic mass is 79.9. The smallest absolute Gasteiger partial charge is 0.293 e. The molecule has 0 N–H and O–H groups in total. The lowest BCUT2D eigenvalue weighted by Gasteiger charge is -2.57. The van der Waals surface area contributed by atoms with Gasteiger partial charge in [0.2, 0.25) is 0 Å². The Bertz CT molecular complexity index is 1190. The molecule has 2 amide bonds. The van der Waals surface area contributed by atoms with E-state index in [1.165, 1.54) is 49.0 Å². The minimum atomic E-state index is -0.234. The summed E-state index contributed by atoms with van der Waals surface area (Å²) < 4.78 is 6.88. The fraction of sp³-hybridized carbons (Fsp3) is 0.448. The van der Waals surface area contributed by atoms with Crippen molar-refractivity contribution in [3.63, 3.8) is 0 Å². The van der Waals surface area contributed by atoms with E-state index in [-0.39, 0.29) is 23.1 Å². The molecule has 1 aliphatic heterocycles. The van der Waals surface area contributed by atoms with E-state index in [0.29, 0.717) is 11.5 Å². The van der Waals surface area contributed by atoms with Gasteiger partial charge in [-0.25, -0.2) is 0 Å². The molecule has 7 rings (SSSR count). The number of amides is 2. The summed E-state index contributed by atoms with van der Waals surface area (Å²) in [6, 6.07) is 14.3. The number of rotatable bonds is 6. The molecular weight excluding hydrogens is 522 g/mol. The van der Waals surface area contributed by atoms with Gasteiger partial charge in [-0.15, -0.1) is 0 Å². The normalized spacial score (nSPS) is 30.5. The van der Waals surface area contributed by atoms with Crippen LogP contribution in [0.3, 0.4) is 0 Å². The number of nitrogens with zero attached hydrogens (tertiary/aromatic N) is 1. The average molecular weight is 553 g/mol. The number of ether oxygens (including phenoxy) is 1. The molecule has 5 aliphatic rings. The van der Waals surface area contributed by atoms with Crippen molar-refractivity contribution >= 4 is 44.9 Å². The van der Waals surface area contributed by atoms with Crippen LogP contribution in [0.25, 0.3) is 6.08 Å². The Morgan fingerprint density at radius 1 is 1.06 bits per heavy atom. The minimum absolute atomic E-state index is 0.226. The number of halogens is 1. The van der Waals surface area contributed by atoms with Crippen LogP contribution in [0.4, 0.5) is 4.79 Å². The molecule has 4 aliphatic carbocycles. The first-order valence-corrected chi connectivity index (χ1v) is 14.3. The molecule has 4 nitrogen and oxygen atoms in total. The van der Waals surface area contributed by atoms with E-state index in [1.807, 2.05) is 37.3 Å². The van der Waals surface area contributed by atoms with Crippen LogP contribution >= 0.6 is 27.7 Å². The largest absolute Gasteiger partial charge is 0.493 e. The zero-order chi connectivity index (χ0) is 24.2. The van der Waals surface area contributed by atoms with Gasteiger partial charge >= 0.3 is 0 Å². The Hall–Kier alpha value is -2.05. The molecule has 5 fully saturated rings. The van der Waals surface area contributed by atoms with Gasteiger partial charge in [0.25, 0.3) is 11.1 Å².